The van der Waals surface area contributed by atoms with E-state index in [1.807, 2.05) is 41.8 Å². The van der Waals surface area contributed by atoms with Crippen LogP contribution in [0.5, 0.6) is 0 Å². The summed E-state index contributed by atoms with van der Waals surface area (Å²) in [5.74, 6) is 1.50. The Morgan fingerprint density at radius 1 is 1.23 bits per heavy atom. The van der Waals surface area contributed by atoms with Gasteiger partial charge in [0.15, 0.2) is 0 Å². The van der Waals surface area contributed by atoms with Crippen LogP contribution in [0.3, 0.4) is 0 Å². The van der Waals surface area contributed by atoms with E-state index in [1.54, 1.807) is 28.0 Å². The van der Waals surface area contributed by atoms with Crippen LogP contribution in [0.25, 0.3) is 10.7 Å². The Hall–Kier alpha value is -2.12. The van der Waals surface area contributed by atoms with Gasteiger partial charge in [-0.25, -0.2) is 0 Å². The van der Waals surface area contributed by atoms with E-state index in [4.69, 9.17) is 4.52 Å². The van der Waals surface area contributed by atoms with Crippen LogP contribution in [0.1, 0.15) is 5.89 Å². The Labute approximate surface area is 135 Å². The Morgan fingerprint density at radius 2 is 2.14 bits per heavy atom. The van der Waals surface area contributed by atoms with Gasteiger partial charge >= 0.3 is 0 Å². The molecule has 1 aromatic carbocycles. The summed E-state index contributed by atoms with van der Waals surface area (Å²) in [5, 5.41) is 5.95. The molecule has 0 saturated heterocycles. The maximum Gasteiger partial charge on any atom is 0.247 e. The van der Waals surface area contributed by atoms with E-state index in [1.165, 1.54) is 0 Å². The van der Waals surface area contributed by atoms with Crippen molar-refractivity contribution in [3.8, 4) is 10.7 Å². The zero-order chi connectivity index (χ0) is 14.9. The van der Waals surface area contributed by atoms with Crippen LogP contribution in [0.15, 0.2) is 51.2 Å². The summed E-state index contributed by atoms with van der Waals surface area (Å²) in [7, 11) is 0. The van der Waals surface area contributed by atoms with Crippen molar-refractivity contribution in [1.29, 1.82) is 0 Å². The van der Waals surface area contributed by atoms with Gasteiger partial charge in [-0.15, -0.1) is 23.1 Å². The third kappa shape index (κ3) is 2.42. The standard InChI is InChI=1S/C15H11N3O2S2/c19-14-9-22-11-5-2-1-4-10(11)18(14)8-13-16-15(17-20-13)12-6-3-7-21-12/h1-7H,8-9H2. The minimum absolute atomic E-state index is 0.0552. The second kappa shape index (κ2) is 5.58. The minimum Gasteiger partial charge on any atom is -0.337 e. The highest BCUT2D eigenvalue weighted by Gasteiger charge is 2.26. The first-order valence-corrected chi connectivity index (χ1v) is 8.56. The largest absolute Gasteiger partial charge is 0.337 e. The number of benzene rings is 1. The van der Waals surface area contributed by atoms with E-state index >= 15 is 0 Å². The zero-order valence-electron chi connectivity index (χ0n) is 11.4. The number of rotatable bonds is 3. The lowest BCUT2D eigenvalue weighted by Crippen LogP contribution is -2.34. The van der Waals surface area contributed by atoms with Crippen molar-refractivity contribution in [1.82, 2.24) is 10.1 Å². The first-order valence-electron chi connectivity index (χ1n) is 6.70. The molecule has 22 heavy (non-hydrogen) atoms. The van der Waals surface area contributed by atoms with Crippen molar-refractivity contribution in [2.24, 2.45) is 0 Å². The van der Waals surface area contributed by atoms with Gasteiger partial charge in [0.1, 0.15) is 6.54 Å². The minimum atomic E-state index is 0.0552. The van der Waals surface area contributed by atoms with Crippen LogP contribution in [0.4, 0.5) is 5.69 Å². The fourth-order valence-corrected chi connectivity index (χ4v) is 3.87. The quantitative estimate of drug-likeness (QED) is 0.737. The number of aromatic nitrogens is 2. The monoisotopic (exact) mass is 329 g/mol. The molecule has 3 heterocycles. The molecule has 0 N–H and O–H groups in total. The smallest absolute Gasteiger partial charge is 0.247 e. The fraction of sp³-hybridized carbons (Fsp3) is 0.133. The molecule has 0 bridgehead atoms. The molecule has 0 spiro atoms. The van der Waals surface area contributed by atoms with Gasteiger partial charge < -0.3 is 9.42 Å². The molecule has 1 amide bonds. The van der Waals surface area contributed by atoms with E-state index in [0.29, 0.717) is 24.0 Å². The molecular weight excluding hydrogens is 318 g/mol. The molecule has 0 atom stereocenters. The number of thiophene rings is 1. The molecule has 0 unspecified atom stereocenters. The summed E-state index contributed by atoms with van der Waals surface area (Å²) >= 11 is 3.11. The van der Waals surface area contributed by atoms with E-state index in [9.17, 15) is 4.79 Å². The van der Waals surface area contributed by atoms with E-state index in [-0.39, 0.29) is 5.91 Å². The van der Waals surface area contributed by atoms with Crippen LogP contribution in [0, 0.1) is 0 Å². The average Bonchev–Trinajstić information content (AvgIpc) is 3.21. The lowest BCUT2D eigenvalue weighted by Gasteiger charge is -2.27. The second-order valence-electron chi connectivity index (χ2n) is 4.73. The molecule has 7 heteroatoms. The van der Waals surface area contributed by atoms with Gasteiger partial charge in [-0.05, 0) is 23.6 Å². The van der Waals surface area contributed by atoms with E-state index < -0.39 is 0 Å². The van der Waals surface area contributed by atoms with E-state index in [2.05, 4.69) is 10.1 Å². The maximum atomic E-state index is 12.2. The number of carbonyl (C=O) groups excluding carboxylic acids is 1. The Morgan fingerprint density at radius 3 is 3.00 bits per heavy atom. The normalized spacial score (nSPS) is 14.2. The Balaban J connectivity index is 1.62. The number of fused-ring (bicyclic) bond motifs is 1. The molecule has 0 radical (unpaired) electrons. The van der Waals surface area contributed by atoms with Crippen molar-refractivity contribution >= 4 is 34.7 Å². The third-order valence-electron chi connectivity index (χ3n) is 3.31. The number of hydrogen-bond acceptors (Lipinski definition) is 6. The van der Waals surface area contributed by atoms with Crippen molar-refractivity contribution in [3.05, 3.63) is 47.7 Å². The molecule has 1 aliphatic heterocycles. The molecule has 4 rings (SSSR count). The molecule has 5 nitrogen and oxygen atoms in total. The summed E-state index contributed by atoms with van der Waals surface area (Å²) in [6, 6.07) is 11.7. The van der Waals surface area contributed by atoms with Gasteiger partial charge in [-0.3, -0.25) is 4.79 Å². The van der Waals surface area contributed by atoms with Crippen LogP contribution in [-0.2, 0) is 11.3 Å². The van der Waals surface area contributed by atoms with E-state index in [0.717, 1.165) is 15.5 Å². The number of anilines is 1. The molecule has 110 valence electrons. The first-order chi connectivity index (χ1) is 10.8. The van der Waals surface area contributed by atoms with Crippen molar-refractivity contribution in [3.63, 3.8) is 0 Å². The predicted octanol–water partition coefficient (Wildman–Crippen LogP) is 3.44. The molecule has 0 aliphatic carbocycles. The summed E-state index contributed by atoms with van der Waals surface area (Å²) in [5.41, 5.74) is 0.902. The van der Waals surface area contributed by atoms with Crippen molar-refractivity contribution < 1.29 is 9.32 Å². The van der Waals surface area contributed by atoms with Crippen LogP contribution in [-0.4, -0.2) is 21.8 Å². The SMILES string of the molecule is O=C1CSc2ccccc2N1Cc1nc(-c2cccs2)no1. The maximum absolute atomic E-state index is 12.2. The van der Waals surface area contributed by atoms with Gasteiger partial charge in [0.05, 0.1) is 16.3 Å². The summed E-state index contributed by atoms with van der Waals surface area (Å²) in [6.07, 6.45) is 0. The molecule has 0 fully saturated rings. The van der Waals surface area contributed by atoms with Crippen molar-refractivity contribution in [2.45, 2.75) is 11.4 Å². The van der Waals surface area contributed by atoms with Gasteiger partial charge in [-0.2, -0.15) is 4.98 Å². The number of para-hydroxylation sites is 1. The molecular formula is C15H11N3O2S2. The fourth-order valence-electron chi connectivity index (χ4n) is 2.29. The Bertz CT molecular complexity index is 814. The number of carbonyl (C=O) groups is 1. The average molecular weight is 329 g/mol. The van der Waals surface area contributed by atoms with Gasteiger partial charge in [-0.1, -0.05) is 23.4 Å². The highest BCUT2D eigenvalue weighted by Crippen LogP contribution is 2.35. The van der Waals surface area contributed by atoms with Crippen LogP contribution < -0.4 is 4.90 Å². The summed E-state index contributed by atoms with van der Waals surface area (Å²) < 4.78 is 5.30. The predicted molar refractivity (Wildman–Crippen MR) is 86.0 cm³/mol. The molecule has 2 aromatic heterocycles. The lowest BCUT2D eigenvalue weighted by atomic mass is 10.2. The van der Waals surface area contributed by atoms with Gasteiger partial charge in [0.25, 0.3) is 0 Å². The van der Waals surface area contributed by atoms with Crippen molar-refractivity contribution in [2.75, 3.05) is 10.7 Å². The van der Waals surface area contributed by atoms with Gasteiger partial charge in [0, 0.05) is 4.90 Å². The second-order valence-corrected chi connectivity index (χ2v) is 6.69. The zero-order valence-corrected chi connectivity index (χ0v) is 13.1. The first kappa shape index (κ1) is 13.5. The van der Waals surface area contributed by atoms with Crippen LogP contribution >= 0.6 is 23.1 Å². The Kier molecular flexibility index (Phi) is 3.44. The summed E-state index contributed by atoms with van der Waals surface area (Å²) in [4.78, 5) is 20.4. The topological polar surface area (TPSA) is 59.2 Å². The summed E-state index contributed by atoms with van der Waals surface area (Å²) in [6.45, 7) is 0.300. The van der Waals surface area contributed by atoms with Gasteiger partial charge in [0.2, 0.25) is 17.6 Å². The number of thioether (sulfide) groups is 1. The molecule has 0 saturated carbocycles. The number of nitrogens with zero attached hydrogens (tertiary/aromatic N) is 3. The third-order valence-corrected chi connectivity index (χ3v) is 5.22. The number of hydrogen-bond donors (Lipinski definition) is 0. The lowest BCUT2D eigenvalue weighted by molar-refractivity contribution is -0.116. The highest BCUT2D eigenvalue weighted by molar-refractivity contribution is 8.00. The molecule has 3 aromatic rings. The number of amides is 1. The highest BCUT2D eigenvalue weighted by atomic mass is 32.2. The van der Waals surface area contributed by atoms with Crippen LogP contribution in [0.2, 0.25) is 0 Å². The molecule has 1 aliphatic rings.